The lowest BCUT2D eigenvalue weighted by Crippen LogP contribution is -2.25. The number of nitrogens with two attached hydrogens (primary N) is 1. The van der Waals surface area contributed by atoms with Crippen molar-refractivity contribution in [1.82, 2.24) is 9.55 Å². The second-order valence-electron chi connectivity index (χ2n) is 7.65. The molecule has 0 spiro atoms. The first-order chi connectivity index (χ1) is 14.0. The maximum atomic E-state index is 6.40. The third kappa shape index (κ3) is 3.95. The molecule has 0 fully saturated rings. The summed E-state index contributed by atoms with van der Waals surface area (Å²) in [4.78, 5) is 7.26. The van der Waals surface area contributed by atoms with E-state index in [1.165, 1.54) is 22.4 Å². The van der Waals surface area contributed by atoms with Crippen molar-refractivity contribution < 1.29 is 0 Å². The normalized spacial score (nSPS) is 11.4. The number of imidazole rings is 1. The van der Waals surface area contributed by atoms with Crippen molar-refractivity contribution >= 4 is 34.3 Å². The van der Waals surface area contributed by atoms with Crippen LogP contribution >= 0.6 is 11.6 Å². The summed E-state index contributed by atoms with van der Waals surface area (Å²) in [5, 5.41) is 0.799. The average Bonchev–Trinajstić information content (AvgIpc) is 3.01. The van der Waals surface area contributed by atoms with Gasteiger partial charge in [0.25, 0.3) is 0 Å². The van der Waals surface area contributed by atoms with Gasteiger partial charge >= 0.3 is 0 Å². The van der Waals surface area contributed by atoms with E-state index >= 15 is 0 Å². The van der Waals surface area contributed by atoms with Gasteiger partial charge < -0.3 is 15.2 Å². The number of benzene rings is 2. The van der Waals surface area contributed by atoms with E-state index in [0.717, 1.165) is 60.4 Å². The van der Waals surface area contributed by atoms with E-state index < -0.39 is 0 Å². The molecule has 0 saturated carbocycles. The standard InChI is InChI=1S/C24H33ClN4/c1-6-12-29(13-7-2)20-11-10-19(22-23(20)28(5)24(26)27-22)21-16(8-3)14-18(25)15-17(21)9-4/h10-11,14-15H,6-9,12-13H2,1-5H3,(H2,26,27). The minimum absolute atomic E-state index is 0.548. The predicted molar refractivity (Wildman–Crippen MR) is 127 cm³/mol. The lowest BCUT2D eigenvalue weighted by atomic mass is 9.90. The molecular formula is C24H33ClN4. The Balaban J connectivity index is 2.34. The van der Waals surface area contributed by atoms with Crippen LogP contribution in [-0.2, 0) is 19.9 Å². The minimum Gasteiger partial charge on any atom is -0.370 e. The van der Waals surface area contributed by atoms with Gasteiger partial charge in [-0.1, -0.05) is 39.3 Å². The fourth-order valence-electron chi connectivity index (χ4n) is 4.30. The van der Waals surface area contributed by atoms with Crippen LogP contribution in [0.1, 0.15) is 51.7 Å². The molecule has 3 aromatic rings. The maximum absolute atomic E-state index is 6.40. The van der Waals surface area contributed by atoms with E-state index in [1.807, 2.05) is 11.6 Å². The second kappa shape index (κ2) is 9.08. The zero-order valence-electron chi connectivity index (χ0n) is 18.3. The van der Waals surface area contributed by atoms with E-state index in [0.29, 0.717) is 5.95 Å². The Labute approximate surface area is 179 Å². The van der Waals surface area contributed by atoms with Gasteiger partial charge in [-0.2, -0.15) is 0 Å². The fraction of sp³-hybridized carbons (Fsp3) is 0.458. The molecule has 1 aromatic heterocycles. The SMILES string of the molecule is CCCN(CCC)c1ccc(-c2c(CC)cc(Cl)cc2CC)c2nc(N)n(C)c12. The topological polar surface area (TPSA) is 47.1 Å². The zero-order valence-corrected chi connectivity index (χ0v) is 19.1. The molecule has 0 aliphatic carbocycles. The first-order valence-corrected chi connectivity index (χ1v) is 11.2. The van der Waals surface area contributed by atoms with Gasteiger partial charge in [0, 0.05) is 30.7 Å². The van der Waals surface area contributed by atoms with Crippen molar-refractivity contribution in [2.24, 2.45) is 7.05 Å². The first kappa shape index (κ1) is 21.5. The van der Waals surface area contributed by atoms with Crippen LogP contribution in [0.4, 0.5) is 11.6 Å². The van der Waals surface area contributed by atoms with Crippen LogP contribution in [0.25, 0.3) is 22.2 Å². The number of fused-ring (bicyclic) bond motifs is 1. The maximum Gasteiger partial charge on any atom is 0.201 e. The van der Waals surface area contributed by atoms with Gasteiger partial charge in [0.05, 0.1) is 11.2 Å². The Bertz CT molecular complexity index is 975. The summed E-state index contributed by atoms with van der Waals surface area (Å²) in [5.74, 6) is 0.548. The van der Waals surface area contributed by atoms with Crippen molar-refractivity contribution in [2.45, 2.75) is 53.4 Å². The summed E-state index contributed by atoms with van der Waals surface area (Å²) in [7, 11) is 2.01. The molecule has 0 unspecified atom stereocenters. The van der Waals surface area contributed by atoms with Gasteiger partial charge in [-0.15, -0.1) is 0 Å². The Hall–Kier alpha value is -2.20. The highest BCUT2D eigenvalue weighted by atomic mass is 35.5. The largest absolute Gasteiger partial charge is 0.370 e. The van der Waals surface area contributed by atoms with Crippen LogP contribution in [0.3, 0.4) is 0 Å². The number of aryl methyl sites for hydroxylation is 3. The van der Waals surface area contributed by atoms with Gasteiger partial charge in [-0.25, -0.2) is 4.98 Å². The number of halogens is 1. The van der Waals surface area contributed by atoms with Gasteiger partial charge in [0.2, 0.25) is 5.95 Å². The summed E-state index contributed by atoms with van der Waals surface area (Å²) in [5.41, 5.74) is 14.5. The van der Waals surface area contributed by atoms with E-state index in [1.54, 1.807) is 0 Å². The third-order valence-corrected chi connectivity index (χ3v) is 5.88. The molecule has 0 aliphatic heterocycles. The number of aromatic nitrogens is 2. The molecule has 0 aliphatic rings. The van der Waals surface area contributed by atoms with E-state index in [2.05, 4.69) is 56.9 Å². The van der Waals surface area contributed by atoms with Gasteiger partial charge in [0.15, 0.2) is 0 Å². The van der Waals surface area contributed by atoms with Crippen LogP contribution in [0.15, 0.2) is 24.3 Å². The molecule has 0 atom stereocenters. The van der Waals surface area contributed by atoms with Crippen molar-refractivity contribution in [3.8, 4) is 11.1 Å². The average molecular weight is 413 g/mol. The van der Waals surface area contributed by atoms with Crippen LogP contribution in [0, 0.1) is 0 Å². The van der Waals surface area contributed by atoms with Crippen LogP contribution in [-0.4, -0.2) is 22.6 Å². The molecule has 3 rings (SSSR count). The van der Waals surface area contributed by atoms with Gasteiger partial charge in [-0.3, -0.25) is 0 Å². The van der Waals surface area contributed by atoms with E-state index in [9.17, 15) is 0 Å². The van der Waals surface area contributed by atoms with Crippen molar-refractivity contribution in [1.29, 1.82) is 0 Å². The molecular weight excluding hydrogens is 380 g/mol. The van der Waals surface area contributed by atoms with Crippen molar-refractivity contribution in [3.63, 3.8) is 0 Å². The molecule has 2 aromatic carbocycles. The smallest absolute Gasteiger partial charge is 0.201 e. The Morgan fingerprint density at radius 3 is 2.10 bits per heavy atom. The first-order valence-electron chi connectivity index (χ1n) is 10.8. The Morgan fingerprint density at radius 2 is 1.59 bits per heavy atom. The number of anilines is 2. The lowest BCUT2D eigenvalue weighted by molar-refractivity contribution is 0.745. The molecule has 0 bridgehead atoms. The highest BCUT2D eigenvalue weighted by molar-refractivity contribution is 6.30. The fourth-order valence-corrected chi connectivity index (χ4v) is 4.56. The molecule has 4 nitrogen and oxygen atoms in total. The van der Waals surface area contributed by atoms with Crippen LogP contribution in [0.5, 0.6) is 0 Å². The number of hydrogen-bond donors (Lipinski definition) is 1. The quantitative estimate of drug-likeness (QED) is 0.477. The Morgan fingerprint density at radius 1 is 1.00 bits per heavy atom. The van der Waals surface area contributed by atoms with Crippen LogP contribution < -0.4 is 10.6 Å². The third-order valence-electron chi connectivity index (χ3n) is 5.66. The van der Waals surface area contributed by atoms with Crippen molar-refractivity contribution in [3.05, 3.63) is 40.4 Å². The summed E-state index contributed by atoms with van der Waals surface area (Å²) >= 11 is 6.40. The monoisotopic (exact) mass is 412 g/mol. The Kier molecular flexibility index (Phi) is 6.74. The molecule has 0 radical (unpaired) electrons. The van der Waals surface area contributed by atoms with Crippen molar-refractivity contribution in [2.75, 3.05) is 23.7 Å². The predicted octanol–water partition coefficient (Wildman–Crippen LogP) is 6.23. The second-order valence-corrected chi connectivity index (χ2v) is 8.09. The molecule has 1 heterocycles. The summed E-state index contributed by atoms with van der Waals surface area (Å²) in [6.45, 7) is 10.8. The minimum atomic E-state index is 0.548. The van der Waals surface area contributed by atoms with Crippen LogP contribution in [0.2, 0.25) is 5.02 Å². The molecule has 156 valence electrons. The molecule has 2 N–H and O–H groups in total. The summed E-state index contributed by atoms with van der Waals surface area (Å²) in [6, 6.07) is 8.65. The summed E-state index contributed by atoms with van der Waals surface area (Å²) < 4.78 is 2.03. The van der Waals surface area contributed by atoms with Gasteiger partial charge in [0.1, 0.15) is 5.52 Å². The van der Waals surface area contributed by atoms with E-state index in [4.69, 9.17) is 22.3 Å². The number of rotatable bonds is 8. The lowest BCUT2D eigenvalue weighted by Gasteiger charge is -2.26. The van der Waals surface area contributed by atoms with Gasteiger partial charge in [-0.05, 0) is 66.6 Å². The molecule has 0 amide bonds. The molecule has 29 heavy (non-hydrogen) atoms. The molecule has 5 heteroatoms. The number of hydrogen-bond acceptors (Lipinski definition) is 3. The molecule has 0 saturated heterocycles. The highest BCUT2D eigenvalue weighted by Gasteiger charge is 2.21. The zero-order chi connectivity index (χ0) is 21.1. The van der Waals surface area contributed by atoms with E-state index in [-0.39, 0.29) is 0 Å². The summed E-state index contributed by atoms with van der Waals surface area (Å²) in [6.07, 6.45) is 4.06. The number of nitrogens with zero attached hydrogens (tertiary/aromatic N) is 3. The number of nitrogen functional groups attached to an aromatic ring is 1. The highest BCUT2D eigenvalue weighted by Crippen LogP contribution is 2.40.